The van der Waals surface area contributed by atoms with Crippen LogP contribution < -0.4 is 15.8 Å². The number of hydrogen-bond acceptors (Lipinski definition) is 3. The molecule has 1 aromatic rings. The van der Waals surface area contributed by atoms with Crippen molar-refractivity contribution in [2.24, 2.45) is 5.73 Å². The average Bonchev–Trinajstić information content (AvgIpc) is 2.20. The van der Waals surface area contributed by atoms with Gasteiger partial charge < -0.3 is 15.8 Å². The molecule has 0 saturated carbocycles. The second-order valence-electron chi connectivity index (χ2n) is 4.74. The smallest absolute Gasteiger partial charge is 0.167 e. The molecule has 0 spiro atoms. The first kappa shape index (κ1) is 13.8. The summed E-state index contributed by atoms with van der Waals surface area (Å²) in [6, 6.07) is 4.88. The minimum absolute atomic E-state index is 0.212. The van der Waals surface area contributed by atoms with Crippen molar-refractivity contribution in [2.75, 3.05) is 18.5 Å². The highest BCUT2D eigenvalue weighted by Crippen LogP contribution is 2.21. The van der Waals surface area contributed by atoms with Crippen molar-refractivity contribution < 1.29 is 9.13 Å². The molecule has 0 radical (unpaired) electrons. The Bertz CT molecular complexity index is 361. The summed E-state index contributed by atoms with van der Waals surface area (Å²) in [6.45, 7) is 6.94. The van der Waals surface area contributed by atoms with Crippen LogP contribution in [0, 0.1) is 5.82 Å². The van der Waals surface area contributed by atoms with Gasteiger partial charge in [-0.25, -0.2) is 4.39 Å². The summed E-state index contributed by atoms with van der Waals surface area (Å²) in [6.07, 6.45) is 0.821. The van der Waals surface area contributed by atoms with Crippen molar-refractivity contribution in [3.63, 3.8) is 0 Å². The number of rotatable bonds is 6. The quantitative estimate of drug-likeness (QED) is 0.803. The van der Waals surface area contributed by atoms with Crippen LogP contribution in [-0.2, 0) is 0 Å². The maximum absolute atomic E-state index is 13.5. The standard InChI is InChI=1S/C13H21FN2O/c1-4-17-12-6-5-10(9-11(12)14)16-8-7-13(2,3)15/h5-6,9,16H,4,7-8,15H2,1-3H3. The number of nitrogens with two attached hydrogens (primary N) is 1. The van der Waals surface area contributed by atoms with E-state index in [1.54, 1.807) is 12.1 Å². The fourth-order valence-electron chi connectivity index (χ4n) is 1.41. The molecule has 4 heteroatoms. The highest BCUT2D eigenvalue weighted by Gasteiger charge is 2.10. The zero-order valence-electron chi connectivity index (χ0n) is 10.7. The molecule has 0 aliphatic rings. The topological polar surface area (TPSA) is 47.3 Å². The van der Waals surface area contributed by atoms with Gasteiger partial charge in [0.1, 0.15) is 0 Å². The van der Waals surface area contributed by atoms with Crippen molar-refractivity contribution in [2.45, 2.75) is 32.7 Å². The first-order chi connectivity index (χ1) is 7.92. The first-order valence-corrected chi connectivity index (χ1v) is 5.87. The van der Waals surface area contributed by atoms with Crippen LogP contribution in [0.2, 0.25) is 0 Å². The van der Waals surface area contributed by atoms with E-state index in [0.29, 0.717) is 6.61 Å². The molecule has 0 saturated heterocycles. The van der Waals surface area contributed by atoms with Crippen LogP contribution in [0.15, 0.2) is 18.2 Å². The van der Waals surface area contributed by atoms with Crippen LogP contribution in [0.1, 0.15) is 27.2 Å². The molecule has 0 unspecified atom stereocenters. The number of benzene rings is 1. The van der Waals surface area contributed by atoms with Gasteiger partial charge in [0, 0.05) is 23.8 Å². The van der Waals surface area contributed by atoms with Gasteiger partial charge in [-0.05, 0) is 39.3 Å². The van der Waals surface area contributed by atoms with E-state index >= 15 is 0 Å². The summed E-state index contributed by atoms with van der Waals surface area (Å²) < 4.78 is 18.6. The van der Waals surface area contributed by atoms with Crippen LogP contribution in [0.4, 0.5) is 10.1 Å². The second kappa shape index (κ2) is 5.87. The molecule has 0 aliphatic heterocycles. The van der Waals surface area contributed by atoms with Gasteiger partial charge in [-0.3, -0.25) is 0 Å². The third kappa shape index (κ3) is 5.04. The summed E-state index contributed by atoms with van der Waals surface area (Å²) >= 11 is 0. The van der Waals surface area contributed by atoms with Gasteiger partial charge in [-0.15, -0.1) is 0 Å². The van der Waals surface area contributed by atoms with Crippen molar-refractivity contribution in [1.82, 2.24) is 0 Å². The van der Waals surface area contributed by atoms with Crippen molar-refractivity contribution in [1.29, 1.82) is 0 Å². The number of ether oxygens (including phenoxy) is 1. The summed E-state index contributed by atoms with van der Waals surface area (Å²) in [5, 5.41) is 3.14. The summed E-state index contributed by atoms with van der Waals surface area (Å²) in [7, 11) is 0. The van der Waals surface area contributed by atoms with Gasteiger partial charge in [0.05, 0.1) is 6.61 Å². The van der Waals surface area contributed by atoms with Crippen molar-refractivity contribution in [3.05, 3.63) is 24.0 Å². The summed E-state index contributed by atoms with van der Waals surface area (Å²) in [5.74, 6) is -0.0546. The molecule has 3 nitrogen and oxygen atoms in total. The van der Waals surface area contributed by atoms with Crippen LogP contribution >= 0.6 is 0 Å². The maximum atomic E-state index is 13.5. The third-order valence-corrected chi connectivity index (χ3v) is 2.33. The Balaban J connectivity index is 2.53. The minimum Gasteiger partial charge on any atom is -0.491 e. The number of hydrogen-bond donors (Lipinski definition) is 2. The van der Waals surface area contributed by atoms with Crippen molar-refractivity contribution in [3.8, 4) is 5.75 Å². The van der Waals surface area contributed by atoms with E-state index in [2.05, 4.69) is 5.32 Å². The van der Waals surface area contributed by atoms with Crippen LogP contribution in [0.3, 0.4) is 0 Å². The Labute approximate surface area is 102 Å². The Morgan fingerprint density at radius 1 is 1.41 bits per heavy atom. The van der Waals surface area contributed by atoms with Crippen LogP contribution in [0.5, 0.6) is 5.75 Å². The zero-order chi connectivity index (χ0) is 12.9. The lowest BCUT2D eigenvalue weighted by Gasteiger charge is -2.18. The predicted octanol–water partition coefficient (Wildman–Crippen LogP) is 2.76. The molecule has 0 bridgehead atoms. The highest BCUT2D eigenvalue weighted by atomic mass is 19.1. The lowest BCUT2D eigenvalue weighted by atomic mass is 10.0. The van der Waals surface area contributed by atoms with E-state index in [1.807, 2.05) is 20.8 Å². The predicted molar refractivity (Wildman–Crippen MR) is 68.9 cm³/mol. The average molecular weight is 240 g/mol. The molecule has 0 aromatic heterocycles. The molecule has 17 heavy (non-hydrogen) atoms. The molecule has 0 aliphatic carbocycles. The van der Waals surface area contributed by atoms with Gasteiger partial charge >= 0.3 is 0 Å². The van der Waals surface area contributed by atoms with Crippen molar-refractivity contribution >= 4 is 5.69 Å². The summed E-state index contributed by atoms with van der Waals surface area (Å²) in [4.78, 5) is 0. The zero-order valence-corrected chi connectivity index (χ0v) is 10.7. The normalized spacial score (nSPS) is 11.4. The molecule has 3 N–H and O–H groups in total. The molecule has 0 heterocycles. The molecular formula is C13H21FN2O. The molecule has 96 valence electrons. The van der Waals surface area contributed by atoms with Crippen LogP contribution in [0.25, 0.3) is 0 Å². The highest BCUT2D eigenvalue weighted by molar-refractivity contribution is 5.47. The number of halogens is 1. The van der Waals surface area contributed by atoms with Crippen LogP contribution in [-0.4, -0.2) is 18.7 Å². The van der Waals surface area contributed by atoms with E-state index in [1.165, 1.54) is 6.07 Å². The Hall–Kier alpha value is -1.29. The second-order valence-corrected chi connectivity index (χ2v) is 4.74. The molecule has 1 aromatic carbocycles. The fourth-order valence-corrected chi connectivity index (χ4v) is 1.41. The maximum Gasteiger partial charge on any atom is 0.167 e. The Morgan fingerprint density at radius 3 is 2.65 bits per heavy atom. The molecule has 0 atom stereocenters. The van der Waals surface area contributed by atoms with Gasteiger partial charge in [0.15, 0.2) is 11.6 Å². The van der Waals surface area contributed by atoms with Gasteiger partial charge in [-0.2, -0.15) is 0 Å². The van der Waals surface area contributed by atoms with Gasteiger partial charge in [-0.1, -0.05) is 0 Å². The first-order valence-electron chi connectivity index (χ1n) is 5.87. The monoisotopic (exact) mass is 240 g/mol. The Morgan fingerprint density at radius 2 is 2.12 bits per heavy atom. The number of anilines is 1. The third-order valence-electron chi connectivity index (χ3n) is 2.33. The Kier molecular flexibility index (Phi) is 4.75. The van der Waals surface area contributed by atoms with E-state index in [4.69, 9.17) is 10.5 Å². The SMILES string of the molecule is CCOc1ccc(NCCC(C)(C)N)cc1F. The van der Waals surface area contributed by atoms with Gasteiger partial charge in [0.2, 0.25) is 0 Å². The molecule has 0 fully saturated rings. The van der Waals surface area contributed by atoms with Gasteiger partial charge in [0.25, 0.3) is 0 Å². The number of nitrogens with one attached hydrogen (secondary N) is 1. The van der Waals surface area contributed by atoms with E-state index < -0.39 is 0 Å². The fraction of sp³-hybridized carbons (Fsp3) is 0.538. The lowest BCUT2D eigenvalue weighted by Crippen LogP contribution is -2.34. The molecular weight excluding hydrogens is 219 g/mol. The van der Waals surface area contributed by atoms with E-state index in [9.17, 15) is 4.39 Å². The summed E-state index contributed by atoms with van der Waals surface area (Å²) in [5.41, 5.74) is 6.39. The molecule has 0 amide bonds. The lowest BCUT2D eigenvalue weighted by molar-refractivity contribution is 0.321. The van der Waals surface area contributed by atoms with E-state index in [0.717, 1.165) is 18.7 Å². The minimum atomic E-state index is -0.344. The van der Waals surface area contributed by atoms with E-state index in [-0.39, 0.29) is 17.1 Å². The molecule has 1 rings (SSSR count). The largest absolute Gasteiger partial charge is 0.491 e.